The zero-order chi connectivity index (χ0) is 23.8. The van der Waals surface area contributed by atoms with Gasteiger partial charge >= 0.3 is 5.97 Å². The fraction of sp³-hybridized carbons (Fsp3) is 0.296. The van der Waals surface area contributed by atoms with E-state index in [9.17, 15) is 20.1 Å². The summed E-state index contributed by atoms with van der Waals surface area (Å²) in [5, 5.41) is 32.6. The number of aromatic hydroxyl groups is 1. The summed E-state index contributed by atoms with van der Waals surface area (Å²) in [5.74, 6) is -0.436. The number of phenols is 1. The molecule has 0 aliphatic rings. The van der Waals surface area contributed by atoms with E-state index in [0.29, 0.717) is 18.9 Å². The van der Waals surface area contributed by atoms with E-state index in [4.69, 9.17) is 4.74 Å². The van der Waals surface area contributed by atoms with Gasteiger partial charge in [-0.3, -0.25) is 0 Å². The first-order chi connectivity index (χ1) is 15.9. The number of benzene rings is 3. The summed E-state index contributed by atoms with van der Waals surface area (Å²) < 4.78 is 5.64. The topological polar surface area (TPSA) is 99.0 Å². The minimum atomic E-state index is -1.000. The Kier molecular flexibility index (Phi) is 10.4. The average molecular weight is 486 g/mol. The van der Waals surface area contributed by atoms with Gasteiger partial charge in [0.25, 0.3) is 0 Å². The number of hydrogen-bond acceptors (Lipinski definition) is 5. The third kappa shape index (κ3) is 7.22. The highest BCUT2D eigenvalue weighted by molar-refractivity contribution is 5.92. The molecule has 2 atom stereocenters. The second-order valence-corrected chi connectivity index (χ2v) is 8.09. The molecule has 0 radical (unpaired) electrons. The van der Waals surface area contributed by atoms with Crippen molar-refractivity contribution >= 4 is 18.4 Å². The van der Waals surface area contributed by atoms with Crippen LogP contribution < -0.4 is 10.1 Å². The molecule has 0 aromatic heterocycles. The van der Waals surface area contributed by atoms with Crippen LogP contribution in [0.25, 0.3) is 11.1 Å². The number of aromatic carboxylic acids is 1. The van der Waals surface area contributed by atoms with Gasteiger partial charge in [-0.15, -0.1) is 12.4 Å². The van der Waals surface area contributed by atoms with Crippen LogP contribution in [0.15, 0.2) is 66.7 Å². The first-order valence-electron chi connectivity index (χ1n) is 11.2. The molecule has 0 spiro atoms. The molecule has 34 heavy (non-hydrogen) atoms. The molecule has 182 valence electrons. The lowest BCUT2D eigenvalue weighted by Crippen LogP contribution is -2.33. The van der Waals surface area contributed by atoms with Crippen molar-refractivity contribution in [1.82, 2.24) is 5.32 Å². The highest BCUT2D eigenvalue weighted by atomic mass is 35.5. The molecule has 0 saturated heterocycles. The lowest BCUT2D eigenvalue weighted by atomic mass is 10.0. The highest BCUT2D eigenvalue weighted by Gasteiger charge is 2.16. The van der Waals surface area contributed by atoms with Crippen LogP contribution in [0.3, 0.4) is 0 Å². The van der Waals surface area contributed by atoms with Gasteiger partial charge in [-0.05, 0) is 72.8 Å². The monoisotopic (exact) mass is 485 g/mol. The van der Waals surface area contributed by atoms with E-state index in [1.165, 1.54) is 0 Å². The van der Waals surface area contributed by atoms with E-state index in [1.54, 1.807) is 42.5 Å². The van der Waals surface area contributed by atoms with Crippen LogP contribution in [0.4, 0.5) is 0 Å². The van der Waals surface area contributed by atoms with E-state index < -0.39 is 12.1 Å². The largest absolute Gasteiger partial charge is 0.508 e. The van der Waals surface area contributed by atoms with Gasteiger partial charge in [0, 0.05) is 6.04 Å². The molecule has 0 fully saturated rings. The summed E-state index contributed by atoms with van der Waals surface area (Å²) in [4.78, 5) is 11.5. The van der Waals surface area contributed by atoms with Crippen LogP contribution in [-0.4, -0.2) is 40.5 Å². The Morgan fingerprint density at radius 3 is 2.26 bits per heavy atom. The second kappa shape index (κ2) is 13.0. The number of carboxylic acids is 1. The van der Waals surface area contributed by atoms with Gasteiger partial charge in [0.1, 0.15) is 17.1 Å². The molecule has 7 heteroatoms. The third-order valence-electron chi connectivity index (χ3n) is 5.55. The van der Waals surface area contributed by atoms with E-state index in [0.717, 1.165) is 35.1 Å². The number of carboxylic acid groups (broad SMARTS) is 1. The van der Waals surface area contributed by atoms with Crippen molar-refractivity contribution in [2.45, 2.75) is 38.8 Å². The number of aliphatic hydroxyl groups is 1. The molecule has 0 amide bonds. The van der Waals surface area contributed by atoms with Crippen molar-refractivity contribution in [2.75, 3.05) is 13.2 Å². The SMILES string of the molecule is CCCOc1cc(-c2ccc(CCN[C@@H](C)[C@@H](O)c3ccc(O)cc3)cc2)ccc1C(=O)O.Cl. The summed E-state index contributed by atoms with van der Waals surface area (Å²) in [7, 11) is 0. The number of aliphatic hydroxyl groups excluding tert-OH is 1. The van der Waals surface area contributed by atoms with Gasteiger partial charge in [-0.2, -0.15) is 0 Å². The molecule has 0 aliphatic heterocycles. The first-order valence-corrected chi connectivity index (χ1v) is 11.2. The molecule has 3 aromatic rings. The normalized spacial score (nSPS) is 12.4. The Bertz CT molecular complexity index is 1050. The van der Waals surface area contributed by atoms with Crippen LogP contribution in [-0.2, 0) is 6.42 Å². The summed E-state index contributed by atoms with van der Waals surface area (Å²) in [5.41, 5.74) is 3.97. The van der Waals surface area contributed by atoms with Gasteiger partial charge in [0.2, 0.25) is 0 Å². The van der Waals surface area contributed by atoms with Gasteiger partial charge < -0.3 is 25.4 Å². The highest BCUT2D eigenvalue weighted by Crippen LogP contribution is 2.28. The third-order valence-corrected chi connectivity index (χ3v) is 5.55. The van der Waals surface area contributed by atoms with Crippen LogP contribution in [0.5, 0.6) is 11.5 Å². The predicted octanol–water partition coefficient (Wildman–Crippen LogP) is 5.22. The first kappa shape index (κ1) is 27.2. The van der Waals surface area contributed by atoms with Crippen LogP contribution in [0.1, 0.15) is 47.9 Å². The van der Waals surface area contributed by atoms with E-state index in [-0.39, 0.29) is 29.8 Å². The molecule has 0 aliphatic carbocycles. The number of halogens is 1. The number of nitrogens with one attached hydrogen (secondary N) is 1. The van der Waals surface area contributed by atoms with Crippen molar-refractivity contribution in [3.8, 4) is 22.6 Å². The standard InChI is InChI=1S/C27H31NO5.ClH/c1-3-16-33-25-17-22(10-13-24(25)27(31)32)20-6-4-19(5-7-20)14-15-28-18(2)26(30)21-8-11-23(29)12-9-21;/h4-13,17-18,26,28-30H,3,14-16H2,1-2H3,(H,31,32);1H/t18-,26+;/m0./s1. The van der Waals surface area contributed by atoms with Gasteiger partial charge in [0.05, 0.1) is 12.7 Å². The van der Waals surface area contributed by atoms with Crippen molar-refractivity contribution < 1.29 is 24.9 Å². The maximum atomic E-state index is 11.5. The Labute approximate surface area is 206 Å². The molecular weight excluding hydrogens is 454 g/mol. The fourth-order valence-corrected chi connectivity index (χ4v) is 3.59. The second-order valence-electron chi connectivity index (χ2n) is 8.09. The lowest BCUT2D eigenvalue weighted by molar-refractivity contribution is 0.0692. The number of hydrogen-bond donors (Lipinski definition) is 4. The molecule has 6 nitrogen and oxygen atoms in total. The van der Waals surface area contributed by atoms with Crippen LogP contribution >= 0.6 is 12.4 Å². The zero-order valence-corrected chi connectivity index (χ0v) is 20.2. The summed E-state index contributed by atoms with van der Waals surface area (Å²) in [6, 6.07) is 19.7. The lowest BCUT2D eigenvalue weighted by Gasteiger charge is -2.21. The van der Waals surface area contributed by atoms with Crippen molar-refractivity contribution in [3.63, 3.8) is 0 Å². The fourth-order valence-electron chi connectivity index (χ4n) is 3.59. The van der Waals surface area contributed by atoms with Crippen LogP contribution in [0, 0.1) is 0 Å². The predicted molar refractivity (Wildman–Crippen MR) is 136 cm³/mol. The van der Waals surface area contributed by atoms with Crippen LogP contribution in [0.2, 0.25) is 0 Å². The van der Waals surface area contributed by atoms with Gasteiger partial charge in [-0.1, -0.05) is 49.4 Å². The van der Waals surface area contributed by atoms with Crippen molar-refractivity contribution in [3.05, 3.63) is 83.4 Å². The molecule has 3 aromatic carbocycles. The molecule has 0 saturated carbocycles. The smallest absolute Gasteiger partial charge is 0.339 e. The van der Waals surface area contributed by atoms with E-state index in [1.807, 2.05) is 26.0 Å². The molecule has 4 N–H and O–H groups in total. The molecule has 0 unspecified atom stereocenters. The van der Waals surface area contributed by atoms with E-state index >= 15 is 0 Å². The Morgan fingerprint density at radius 2 is 1.65 bits per heavy atom. The zero-order valence-electron chi connectivity index (χ0n) is 19.4. The molecule has 3 rings (SSSR count). The Hall–Kier alpha value is -3.06. The summed E-state index contributed by atoms with van der Waals surface area (Å²) in [6.45, 7) is 5.08. The quantitative estimate of drug-likeness (QED) is 0.297. The Morgan fingerprint density at radius 1 is 1.00 bits per heavy atom. The summed E-state index contributed by atoms with van der Waals surface area (Å²) in [6.07, 6.45) is 0.942. The number of rotatable bonds is 11. The summed E-state index contributed by atoms with van der Waals surface area (Å²) >= 11 is 0. The maximum absolute atomic E-state index is 11.5. The van der Waals surface area contributed by atoms with E-state index in [2.05, 4.69) is 17.4 Å². The minimum Gasteiger partial charge on any atom is -0.508 e. The Balaban J connectivity index is 0.00000408. The van der Waals surface area contributed by atoms with Crippen molar-refractivity contribution in [1.29, 1.82) is 0 Å². The maximum Gasteiger partial charge on any atom is 0.339 e. The molecule has 0 bridgehead atoms. The van der Waals surface area contributed by atoms with Gasteiger partial charge in [0.15, 0.2) is 0 Å². The minimum absolute atomic E-state index is 0. The number of phenolic OH excluding ortho intramolecular Hbond substituents is 1. The molecule has 0 heterocycles. The average Bonchev–Trinajstić information content (AvgIpc) is 2.82. The van der Waals surface area contributed by atoms with Crippen molar-refractivity contribution in [2.24, 2.45) is 0 Å². The molecular formula is C27H32ClNO5. The van der Waals surface area contributed by atoms with Gasteiger partial charge in [-0.25, -0.2) is 4.79 Å². The number of ether oxygens (including phenoxy) is 1. The number of carbonyl (C=O) groups is 1.